The fraction of sp³-hybridized carbons (Fsp3) is 0.333. The second-order valence-electron chi connectivity index (χ2n) is 9.10. The Labute approximate surface area is 208 Å². The number of hydrogen-bond acceptors (Lipinski definition) is 5. The first-order valence-corrected chi connectivity index (χ1v) is 11.8. The van der Waals surface area contributed by atoms with Crippen molar-refractivity contribution in [2.24, 2.45) is 0 Å². The first-order valence-electron chi connectivity index (χ1n) is 11.8. The molecule has 9 heteroatoms. The Balaban J connectivity index is 1.42. The van der Waals surface area contributed by atoms with Gasteiger partial charge in [0.2, 0.25) is 5.91 Å². The Morgan fingerprint density at radius 3 is 2.33 bits per heavy atom. The van der Waals surface area contributed by atoms with Gasteiger partial charge in [-0.1, -0.05) is 12.1 Å². The van der Waals surface area contributed by atoms with Crippen LogP contribution in [0.5, 0.6) is 5.75 Å². The van der Waals surface area contributed by atoms with Crippen LogP contribution < -0.4 is 10.3 Å². The summed E-state index contributed by atoms with van der Waals surface area (Å²) in [6, 6.07) is 9.20. The normalized spacial score (nSPS) is 14.0. The van der Waals surface area contributed by atoms with Crippen LogP contribution in [0.4, 0.5) is 8.78 Å². The molecule has 4 rings (SSSR count). The number of hydrogen-bond donors (Lipinski definition) is 1. The quantitative estimate of drug-likeness (QED) is 0.515. The lowest BCUT2D eigenvalue weighted by atomic mass is 9.90. The molecular weight excluding hydrogens is 466 g/mol. The van der Waals surface area contributed by atoms with Gasteiger partial charge in [-0.15, -0.1) is 0 Å². The molecule has 0 atom stereocenters. The first-order chi connectivity index (χ1) is 17.2. The molecule has 1 fully saturated rings. The molecule has 1 aliphatic rings. The maximum Gasteiger partial charge on any atom is 0.287 e. The molecular formula is C27H28F2N4O3. The van der Waals surface area contributed by atoms with E-state index < -0.39 is 17.5 Å². The highest BCUT2D eigenvalue weighted by molar-refractivity contribution is 5.94. The number of nitrogens with zero attached hydrogens (tertiary/aromatic N) is 3. The molecule has 1 saturated heterocycles. The molecule has 0 unspecified atom stereocenters. The molecule has 1 aromatic heterocycles. The second-order valence-corrected chi connectivity index (χ2v) is 9.10. The molecule has 2 aromatic carbocycles. The predicted molar refractivity (Wildman–Crippen MR) is 129 cm³/mol. The van der Waals surface area contributed by atoms with E-state index in [-0.39, 0.29) is 23.8 Å². The molecule has 2 amide bonds. The van der Waals surface area contributed by atoms with E-state index in [1.807, 2.05) is 32.0 Å². The van der Waals surface area contributed by atoms with Crippen LogP contribution in [0.25, 0.3) is 0 Å². The molecule has 0 bridgehead atoms. The number of rotatable bonds is 6. The third kappa shape index (κ3) is 5.84. The summed E-state index contributed by atoms with van der Waals surface area (Å²) in [5, 5.41) is 0. The molecule has 2 heterocycles. The monoisotopic (exact) mass is 494 g/mol. The van der Waals surface area contributed by atoms with Crippen molar-refractivity contribution in [3.8, 4) is 5.75 Å². The van der Waals surface area contributed by atoms with E-state index in [1.54, 1.807) is 11.8 Å². The van der Waals surface area contributed by atoms with Gasteiger partial charge in [-0.3, -0.25) is 9.59 Å². The van der Waals surface area contributed by atoms with Crippen LogP contribution in [0.15, 0.2) is 42.6 Å². The Bertz CT molecular complexity index is 1250. The lowest BCUT2D eigenvalue weighted by molar-refractivity contribution is -0.131. The Kier molecular flexibility index (Phi) is 7.57. The molecule has 0 spiro atoms. The zero-order chi connectivity index (χ0) is 25.8. The van der Waals surface area contributed by atoms with E-state index in [1.165, 1.54) is 12.3 Å². The van der Waals surface area contributed by atoms with Crippen LogP contribution in [0.3, 0.4) is 0 Å². The van der Waals surface area contributed by atoms with Crippen LogP contribution in [0.1, 0.15) is 57.3 Å². The van der Waals surface area contributed by atoms with E-state index in [0.717, 1.165) is 23.3 Å². The van der Waals surface area contributed by atoms with Crippen molar-refractivity contribution in [3.63, 3.8) is 0 Å². The number of halogens is 2. The number of benzene rings is 2. The summed E-state index contributed by atoms with van der Waals surface area (Å²) >= 11 is 0. The second kappa shape index (κ2) is 10.8. The maximum absolute atomic E-state index is 14.0. The number of carbonyl (C=O) groups excluding carboxylic acids is 2. The van der Waals surface area contributed by atoms with Crippen molar-refractivity contribution < 1.29 is 23.2 Å². The number of likely N-dealkylation sites (tertiary alicyclic amines) is 1. The first kappa shape index (κ1) is 25.2. The number of hydroxylamine groups is 1. The van der Waals surface area contributed by atoms with Gasteiger partial charge < -0.3 is 9.74 Å². The number of aryl methyl sites for hydroxylation is 3. The van der Waals surface area contributed by atoms with E-state index in [4.69, 9.17) is 4.84 Å². The highest BCUT2D eigenvalue weighted by Crippen LogP contribution is 2.30. The molecule has 0 radical (unpaired) electrons. The van der Waals surface area contributed by atoms with Crippen molar-refractivity contribution in [2.45, 2.75) is 46.0 Å². The summed E-state index contributed by atoms with van der Waals surface area (Å²) in [6.45, 7) is 6.42. The molecule has 36 heavy (non-hydrogen) atoms. The standard InChI is InChI=1S/C27H28F2N4O3/c1-16-11-17(2)13-20(12-16)36-32-27(35)22-15-30-18(3)31-26(22)19-7-9-33(10-8-19)25(34)14-21-23(28)5-4-6-24(21)29/h4-6,11-13,15,19H,7-10,14H2,1-3H3,(H,32,35). The number of carbonyl (C=O) groups is 2. The van der Waals surface area contributed by atoms with Crippen molar-refractivity contribution in [3.05, 3.63) is 88.0 Å². The van der Waals surface area contributed by atoms with Crippen molar-refractivity contribution in [2.75, 3.05) is 13.1 Å². The van der Waals surface area contributed by atoms with Gasteiger partial charge in [0.05, 0.1) is 17.7 Å². The van der Waals surface area contributed by atoms with Gasteiger partial charge in [0.15, 0.2) is 5.75 Å². The lowest BCUT2D eigenvalue weighted by Gasteiger charge is -2.32. The highest BCUT2D eigenvalue weighted by atomic mass is 19.1. The highest BCUT2D eigenvalue weighted by Gasteiger charge is 2.29. The Hall–Kier alpha value is -3.88. The van der Waals surface area contributed by atoms with Gasteiger partial charge >= 0.3 is 0 Å². The average molecular weight is 495 g/mol. The Morgan fingerprint density at radius 2 is 1.69 bits per heavy atom. The molecule has 0 aliphatic carbocycles. The van der Waals surface area contributed by atoms with Crippen LogP contribution in [-0.2, 0) is 11.2 Å². The minimum Gasteiger partial charge on any atom is -0.379 e. The summed E-state index contributed by atoms with van der Waals surface area (Å²) in [7, 11) is 0. The largest absolute Gasteiger partial charge is 0.379 e. The number of amides is 2. The van der Waals surface area contributed by atoms with E-state index in [2.05, 4.69) is 15.4 Å². The molecule has 188 valence electrons. The smallest absolute Gasteiger partial charge is 0.287 e. The zero-order valence-corrected chi connectivity index (χ0v) is 20.5. The average Bonchev–Trinajstić information content (AvgIpc) is 2.84. The van der Waals surface area contributed by atoms with Gasteiger partial charge in [-0.05, 0) is 69.0 Å². The van der Waals surface area contributed by atoms with Crippen LogP contribution in [0.2, 0.25) is 0 Å². The van der Waals surface area contributed by atoms with E-state index in [9.17, 15) is 18.4 Å². The fourth-order valence-electron chi connectivity index (χ4n) is 4.49. The van der Waals surface area contributed by atoms with Gasteiger partial charge in [-0.2, -0.15) is 5.48 Å². The lowest BCUT2D eigenvalue weighted by Crippen LogP contribution is -2.39. The van der Waals surface area contributed by atoms with E-state index >= 15 is 0 Å². The summed E-state index contributed by atoms with van der Waals surface area (Å²) in [6.07, 6.45) is 2.26. The topological polar surface area (TPSA) is 84.4 Å². The number of aromatic nitrogens is 2. The van der Waals surface area contributed by atoms with Gasteiger partial charge in [0, 0.05) is 30.8 Å². The molecule has 1 aliphatic heterocycles. The van der Waals surface area contributed by atoms with E-state index in [0.29, 0.717) is 48.8 Å². The molecule has 1 N–H and O–H groups in total. The SMILES string of the molecule is Cc1cc(C)cc(ONC(=O)c2cnc(C)nc2C2CCN(C(=O)Cc3c(F)cccc3F)CC2)c1. The zero-order valence-electron chi connectivity index (χ0n) is 20.5. The number of nitrogens with one attached hydrogen (secondary N) is 1. The third-order valence-electron chi connectivity index (χ3n) is 6.26. The summed E-state index contributed by atoms with van der Waals surface area (Å²) in [5.41, 5.74) is 5.18. The number of piperidine rings is 1. The van der Waals surface area contributed by atoms with Crippen LogP contribution in [0, 0.1) is 32.4 Å². The molecule has 3 aromatic rings. The minimum atomic E-state index is -0.728. The van der Waals surface area contributed by atoms with Crippen LogP contribution >= 0.6 is 0 Å². The van der Waals surface area contributed by atoms with Crippen molar-refractivity contribution in [1.82, 2.24) is 20.3 Å². The summed E-state index contributed by atoms with van der Waals surface area (Å²) < 4.78 is 27.9. The predicted octanol–water partition coefficient (Wildman–Crippen LogP) is 4.35. The minimum absolute atomic E-state index is 0.0806. The maximum atomic E-state index is 14.0. The molecule has 0 saturated carbocycles. The fourth-order valence-corrected chi connectivity index (χ4v) is 4.49. The van der Waals surface area contributed by atoms with Gasteiger partial charge in [0.25, 0.3) is 5.91 Å². The van der Waals surface area contributed by atoms with Crippen molar-refractivity contribution >= 4 is 11.8 Å². The molecule has 7 nitrogen and oxygen atoms in total. The Morgan fingerprint density at radius 1 is 1.06 bits per heavy atom. The van der Waals surface area contributed by atoms with Gasteiger partial charge in [-0.25, -0.2) is 18.7 Å². The van der Waals surface area contributed by atoms with Gasteiger partial charge in [0.1, 0.15) is 17.5 Å². The summed E-state index contributed by atoms with van der Waals surface area (Å²) in [4.78, 5) is 41.5. The third-order valence-corrected chi connectivity index (χ3v) is 6.26. The summed E-state index contributed by atoms with van der Waals surface area (Å²) in [5.74, 6) is -1.28. The van der Waals surface area contributed by atoms with Crippen LogP contribution in [-0.4, -0.2) is 39.8 Å². The van der Waals surface area contributed by atoms with Crippen molar-refractivity contribution in [1.29, 1.82) is 0 Å².